The first-order valence-corrected chi connectivity index (χ1v) is 10.3. The Hall–Kier alpha value is -2.23. The van der Waals surface area contributed by atoms with Gasteiger partial charge in [0.25, 0.3) is 0 Å². The summed E-state index contributed by atoms with van der Waals surface area (Å²) >= 11 is 1.43. The van der Waals surface area contributed by atoms with Crippen molar-refractivity contribution >= 4 is 28.9 Å². The summed E-state index contributed by atoms with van der Waals surface area (Å²) in [7, 11) is 1.72. The van der Waals surface area contributed by atoms with Crippen LogP contribution in [0.5, 0.6) is 10.8 Å². The number of hydrogen-bond acceptors (Lipinski definition) is 8. The topological polar surface area (TPSA) is 85.8 Å². The lowest BCUT2D eigenvalue weighted by molar-refractivity contribution is -0.260. The van der Waals surface area contributed by atoms with Crippen molar-refractivity contribution in [2.75, 3.05) is 43.6 Å². The largest absolute Gasteiger partial charge is 0.443 e. The van der Waals surface area contributed by atoms with Crippen LogP contribution in [0.4, 0.5) is 11.6 Å². The third kappa shape index (κ3) is 3.03. The van der Waals surface area contributed by atoms with Gasteiger partial charge in [0.2, 0.25) is 11.9 Å². The van der Waals surface area contributed by atoms with Crippen molar-refractivity contribution in [3.8, 4) is 10.8 Å². The number of methoxy groups -OCH3 is 1. The van der Waals surface area contributed by atoms with Gasteiger partial charge in [0, 0.05) is 31.6 Å². The summed E-state index contributed by atoms with van der Waals surface area (Å²) in [6.07, 6.45) is 5.80. The second-order valence-corrected chi connectivity index (χ2v) is 8.60. The van der Waals surface area contributed by atoms with E-state index in [1.807, 2.05) is 11.4 Å². The Kier molecular flexibility index (Phi) is 4.26. The fourth-order valence-electron chi connectivity index (χ4n) is 4.26. The van der Waals surface area contributed by atoms with Crippen molar-refractivity contribution in [2.24, 2.45) is 5.41 Å². The number of aromatic nitrogens is 2. The number of nitrogens with zero attached hydrogens (tertiary/aromatic N) is 3. The molecule has 0 aromatic carbocycles. The van der Waals surface area contributed by atoms with E-state index in [-0.39, 0.29) is 16.9 Å². The van der Waals surface area contributed by atoms with Gasteiger partial charge in [-0.3, -0.25) is 4.79 Å². The van der Waals surface area contributed by atoms with Crippen molar-refractivity contribution in [2.45, 2.75) is 24.9 Å². The number of carbonyl (C=O) groups excluding carboxylic acids is 1. The van der Waals surface area contributed by atoms with E-state index >= 15 is 0 Å². The van der Waals surface area contributed by atoms with E-state index in [4.69, 9.17) is 14.2 Å². The molecule has 9 heteroatoms. The Morgan fingerprint density at radius 3 is 2.64 bits per heavy atom. The van der Waals surface area contributed by atoms with Crippen LogP contribution < -0.4 is 15.0 Å². The lowest BCUT2D eigenvalue weighted by atomic mass is 9.40. The summed E-state index contributed by atoms with van der Waals surface area (Å²) in [5.74, 6) is 1.33. The number of thiophene rings is 1. The van der Waals surface area contributed by atoms with Crippen LogP contribution in [0, 0.1) is 5.41 Å². The monoisotopic (exact) mass is 402 g/mol. The molecule has 8 nitrogen and oxygen atoms in total. The molecule has 148 valence electrons. The molecule has 0 radical (unpaired) electrons. The SMILES string of the molecule is COC12CC(C(=O)Nc3csc(Oc4cnc(N5CCOCC5)nc4)c3)(C1)C2. The molecular formula is C19H22N4O4S. The molecule has 1 aliphatic heterocycles. The van der Waals surface area contributed by atoms with Crippen LogP contribution in [-0.2, 0) is 14.3 Å². The predicted molar refractivity (Wildman–Crippen MR) is 104 cm³/mol. The van der Waals surface area contributed by atoms with Crippen LogP contribution in [-0.4, -0.2) is 54.9 Å². The molecule has 3 saturated carbocycles. The molecule has 28 heavy (non-hydrogen) atoms. The van der Waals surface area contributed by atoms with E-state index in [9.17, 15) is 4.79 Å². The molecule has 4 fully saturated rings. The fraction of sp³-hybridized carbons (Fsp3) is 0.526. The standard InChI is InChI=1S/C19H22N4O4S/c1-25-19-10-18(11-19,12-19)16(24)22-13-6-15(28-9-13)27-14-7-20-17(21-8-14)23-2-4-26-5-3-23/h6-9H,2-5,10-12H2,1H3,(H,22,24). The average molecular weight is 402 g/mol. The first kappa shape index (κ1) is 17.8. The van der Waals surface area contributed by atoms with E-state index in [2.05, 4.69) is 20.2 Å². The van der Waals surface area contributed by atoms with Gasteiger partial charge in [0.15, 0.2) is 10.8 Å². The van der Waals surface area contributed by atoms with Crippen LogP contribution in [0.3, 0.4) is 0 Å². The van der Waals surface area contributed by atoms with E-state index in [0.717, 1.165) is 38.0 Å². The normalized spacial score (nSPS) is 28.2. The van der Waals surface area contributed by atoms with Crippen molar-refractivity contribution in [1.82, 2.24) is 9.97 Å². The lowest BCUT2D eigenvalue weighted by Gasteiger charge is -2.67. The second-order valence-electron chi connectivity index (χ2n) is 7.73. The van der Waals surface area contributed by atoms with Crippen molar-refractivity contribution in [3.63, 3.8) is 0 Å². The van der Waals surface area contributed by atoms with Gasteiger partial charge >= 0.3 is 0 Å². The van der Waals surface area contributed by atoms with Gasteiger partial charge in [0.05, 0.1) is 42.3 Å². The minimum absolute atomic E-state index is 0.0341. The van der Waals surface area contributed by atoms with Gasteiger partial charge in [-0.15, -0.1) is 11.3 Å². The molecule has 0 unspecified atom stereocenters. The Morgan fingerprint density at radius 1 is 1.25 bits per heavy atom. The fourth-order valence-corrected chi connectivity index (χ4v) is 4.97. The van der Waals surface area contributed by atoms with E-state index in [1.165, 1.54) is 11.3 Å². The summed E-state index contributed by atoms with van der Waals surface area (Å²) in [6, 6.07) is 1.83. The van der Waals surface area contributed by atoms with Crippen molar-refractivity contribution < 1.29 is 19.0 Å². The molecule has 3 heterocycles. The molecule has 3 aliphatic carbocycles. The summed E-state index contributed by atoms with van der Waals surface area (Å²) in [5, 5.41) is 5.57. The zero-order chi connectivity index (χ0) is 19.2. The molecule has 0 spiro atoms. The molecule has 1 amide bonds. The summed E-state index contributed by atoms with van der Waals surface area (Å²) in [4.78, 5) is 23.4. The van der Waals surface area contributed by atoms with Crippen LogP contribution >= 0.6 is 11.3 Å². The molecular weight excluding hydrogens is 380 g/mol. The van der Waals surface area contributed by atoms with Gasteiger partial charge in [-0.2, -0.15) is 0 Å². The summed E-state index contributed by atoms with van der Waals surface area (Å²) < 4.78 is 16.6. The quantitative estimate of drug-likeness (QED) is 0.795. The van der Waals surface area contributed by atoms with Gasteiger partial charge < -0.3 is 24.4 Å². The summed E-state index contributed by atoms with van der Waals surface area (Å²) in [6.45, 7) is 2.97. The predicted octanol–water partition coefficient (Wildman–Crippen LogP) is 2.67. The Morgan fingerprint density at radius 2 is 1.96 bits per heavy atom. The minimum atomic E-state index is -0.234. The van der Waals surface area contributed by atoms with Gasteiger partial charge in [-0.25, -0.2) is 9.97 Å². The van der Waals surface area contributed by atoms with Gasteiger partial charge in [-0.1, -0.05) is 0 Å². The number of ether oxygens (including phenoxy) is 3. The number of nitrogens with one attached hydrogen (secondary N) is 1. The van der Waals surface area contributed by atoms with Crippen LogP contribution in [0.15, 0.2) is 23.8 Å². The van der Waals surface area contributed by atoms with Crippen LogP contribution in [0.1, 0.15) is 19.3 Å². The van der Waals surface area contributed by atoms with Gasteiger partial charge in [0.1, 0.15) is 0 Å². The third-order valence-electron chi connectivity index (χ3n) is 5.86. The molecule has 6 rings (SSSR count). The Balaban J connectivity index is 1.17. The molecule has 1 N–H and O–H groups in total. The first-order chi connectivity index (χ1) is 13.6. The molecule has 2 aromatic rings. The Bertz CT molecular complexity index is 859. The smallest absolute Gasteiger partial charge is 0.230 e. The molecule has 2 aromatic heterocycles. The minimum Gasteiger partial charge on any atom is -0.443 e. The highest BCUT2D eigenvalue weighted by atomic mass is 32.1. The highest BCUT2D eigenvalue weighted by Gasteiger charge is 2.72. The number of hydrogen-bond donors (Lipinski definition) is 1. The number of rotatable bonds is 6. The molecule has 1 saturated heterocycles. The van der Waals surface area contributed by atoms with E-state index in [1.54, 1.807) is 19.5 Å². The molecule has 0 atom stereocenters. The molecule has 2 bridgehead atoms. The highest BCUT2D eigenvalue weighted by molar-refractivity contribution is 7.12. The van der Waals surface area contributed by atoms with Crippen LogP contribution in [0.25, 0.3) is 0 Å². The van der Waals surface area contributed by atoms with Gasteiger partial charge in [-0.05, 0) is 19.3 Å². The lowest BCUT2D eigenvalue weighted by Crippen LogP contribution is -2.72. The third-order valence-corrected chi connectivity index (χ3v) is 6.66. The maximum Gasteiger partial charge on any atom is 0.230 e. The number of carbonyl (C=O) groups is 1. The van der Waals surface area contributed by atoms with Crippen LogP contribution in [0.2, 0.25) is 0 Å². The second kappa shape index (κ2) is 6.68. The molecule has 4 aliphatic rings. The average Bonchev–Trinajstić information content (AvgIpc) is 3.08. The zero-order valence-corrected chi connectivity index (χ0v) is 16.5. The Labute approximate surface area is 166 Å². The summed E-state index contributed by atoms with van der Waals surface area (Å²) in [5.41, 5.74) is 0.488. The highest BCUT2D eigenvalue weighted by Crippen LogP contribution is 2.69. The maximum absolute atomic E-state index is 12.5. The maximum atomic E-state index is 12.5. The van der Waals surface area contributed by atoms with Crippen molar-refractivity contribution in [1.29, 1.82) is 0 Å². The van der Waals surface area contributed by atoms with Crippen molar-refractivity contribution in [3.05, 3.63) is 23.8 Å². The number of amides is 1. The van der Waals surface area contributed by atoms with E-state index in [0.29, 0.717) is 30.0 Å². The first-order valence-electron chi connectivity index (χ1n) is 9.38. The van der Waals surface area contributed by atoms with E-state index < -0.39 is 0 Å². The number of morpholine rings is 1. The zero-order valence-electron chi connectivity index (χ0n) is 15.6. The number of anilines is 2.